The van der Waals surface area contributed by atoms with E-state index in [2.05, 4.69) is 19.2 Å². The second-order valence-electron chi connectivity index (χ2n) is 5.78. The van der Waals surface area contributed by atoms with Crippen LogP contribution in [0.2, 0.25) is 0 Å². The van der Waals surface area contributed by atoms with Gasteiger partial charge in [-0.15, -0.1) is 0 Å². The van der Waals surface area contributed by atoms with Crippen LogP contribution in [0, 0.1) is 5.92 Å². The average Bonchev–Trinajstić information content (AvgIpc) is 2.90. The van der Waals surface area contributed by atoms with Crippen molar-refractivity contribution in [2.75, 3.05) is 19.8 Å². The quantitative estimate of drug-likeness (QED) is 0.560. The van der Waals surface area contributed by atoms with E-state index in [1.807, 2.05) is 0 Å². The van der Waals surface area contributed by atoms with Crippen molar-refractivity contribution in [1.82, 2.24) is 5.32 Å². The van der Waals surface area contributed by atoms with Crippen molar-refractivity contribution >= 4 is 0 Å². The Labute approximate surface area is 114 Å². The normalized spacial score (nSPS) is 18.3. The molecule has 2 heteroatoms. The van der Waals surface area contributed by atoms with Crippen molar-refractivity contribution in [1.29, 1.82) is 0 Å². The zero-order chi connectivity index (χ0) is 13.1. The van der Waals surface area contributed by atoms with Crippen LogP contribution in [0.3, 0.4) is 0 Å². The molecule has 1 rings (SSSR count). The second-order valence-corrected chi connectivity index (χ2v) is 5.78. The molecule has 0 aromatic rings. The first-order chi connectivity index (χ1) is 8.86. The Balaban J connectivity index is 1.87. The summed E-state index contributed by atoms with van der Waals surface area (Å²) < 4.78 is 5.81. The fraction of sp³-hybridized carbons (Fsp3) is 1.00. The van der Waals surface area contributed by atoms with Gasteiger partial charge in [0.2, 0.25) is 0 Å². The molecule has 2 nitrogen and oxygen atoms in total. The second kappa shape index (κ2) is 10.8. The van der Waals surface area contributed by atoms with Crippen LogP contribution in [0.5, 0.6) is 0 Å². The van der Waals surface area contributed by atoms with E-state index in [1.165, 1.54) is 57.8 Å². The summed E-state index contributed by atoms with van der Waals surface area (Å²) in [6.45, 7) is 7.59. The monoisotopic (exact) mass is 255 g/mol. The van der Waals surface area contributed by atoms with Crippen LogP contribution in [-0.4, -0.2) is 25.8 Å². The van der Waals surface area contributed by atoms with Gasteiger partial charge in [-0.05, 0) is 38.1 Å². The minimum absolute atomic E-state index is 0.785. The van der Waals surface area contributed by atoms with Crippen molar-refractivity contribution in [3.63, 3.8) is 0 Å². The van der Waals surface area contributed by atoms with Crippen LogP contribution in [-0.2, 0) is 4.74 Å². The third-order valence-corrected chi connectivity index (χ3v) is 4.15. The summed E-state index contributed by atoms with van der Waals surface area (Å²) in [5.41, 5.74) is 0. The summed E-state index contributed by atoms with van der Waals surface area (Å²) in [7, 11) is 0. The first-order valence-corrected chi connectivity index (χ1v) is 8.18. The fourth-order valence-electron chi connectivity index (χ4n) is 2.76. The lowest BCUT2D eigenvalue weighted by Crippen LogP contribution is -2.27. The van der Waals surface area contributed by atoms with Crippen molar-refractivity contribution in [2.45, 2.75) is 77.7 Å². The van der Waals surface area contributed by atoms with E-state index in [9.17, 15) is 0 Å². The molecule has 0 amide bonds. The third kappa shape index (κ3) is 7.38. The van der Waals surface area contributed by atoms with Gasteiger partial charge in [-0.2, -0.15) is 0 Å². The highest BCUT2D eigenvalue weighted by Gasteiger charge is 2.13. The number of rotatable bonds is 11. The van der Waals surface area contributed by atoms with E-state index in [-0.39, 0.29) is 0 Å². The highest BCUT2D eigenvalue weighted by atomic mass is 16.5. The van der Waals surface area contributed by atoms with Gasteiger partial charge in [0.05, 0.1) is 0 Å². The van der Waals surface area contributed by atoms with E-state index < -0.39 is 0 Å². The van der Waals surface area contributed by atoms with Gasteiger partial charge < -0.3 is 10.1 Å². The van der Waals surface area contributed by atoms with Crippen LogP contribution >= 0.6 is 0 Å². The molecule has 0 radical (unpaired) electrons. The first kappa shape index (κ1) is 16.0. The van der Waals surface area contributed by atoms with Crippen LogP contribution < -0.4 is 5.32 Å². The first-order valence-electron chi connectivity index (χ1n) is 8.18. The van der Waals surface area contributed by atoms with E-state index in [4.69, 9.17) is 4.74 Å². The Bertz CT molecular complexity index is 178. The van der Waals surface area contributed by atoms with Crippen molar-refractivity contribution in [3.8, 4) is 0 Å². The Morgan fingerprint density at radius 1 is 1.17 bits per heavy atom. The molecule has 1 unspecified atom stereocenters. The number of nitrogens with one attached hydrogen (secondary N) is 1. The van der Waals surface area contributed by atoms with Gasteiger partial charge in [0.1, 0.15) is 0 Å². The predicted octanol–water partition coefficient (Wildman–Crippen LogP) is 4.14. The Hall–Kier alpha value is -0.0800. The van der Waals surface area contributed by atoms with Crippen LogP contribution in [0.4, 0.5) is 0 Å². The molecule has 0 heterocycles. The lowest BCUT2D eigenvalue weighted by Gasteiger charge is -2.15. The maximum absolute atomic E-state index is 5.81. The minimum atomic E-state index is 0.785. The van der Waals surface area contributed by atoms with Gasteiger partial charge in [-0.1, -0.05) is 46.0 Å². The molecule has 108 valence electrons. The largest absolute Gasteiger partial charge is 0.381 e. The molecule has 0 aliphatic heterocycles. The lowest BCUT2D eigenvalue weighted by atomic mass is 10.0. The Morgan fingerprint density at radius 2 is 1.94 bits per heavy atom. The maximum Gasteiger partial charge on any atom is 0.0494 e. The summed E-state index contributed by atoms with van der Waals surface area (Å²) in [5, 5.41) is 3.64. The van der Waals surface area contributed by atoms with E-state index in [0.717, 1.165) is 31.7 Å². The summed E-state index contributed by atoms with van der Waals surface area (Å²) in [6.07, 6.45) is 12.0. The topological polar surface area (TPSA) is 21.3 Å². The number of hydrogen-bond donors (Lipinski definition) is 1. The predicted molar refractivity (Wildman–Crippen MR) is 79.0 cm³/mol. The molecular formula is C16H33NO. The zero-order valence-corrected chi connectivity index (χ0v) is 12.5. The van der Waals surface area contributed by atoms with Gasteiger partial charge >= 0.3 is 0 Å². The van der Waals surface area contributed by atoms with Gasteiger partial charge in [-0.3, -0.25) is 0 Å². The zero-order valence-electron chi connectivity index (χ0n) is 12.5. The molecule has 1 fully saturated rings. The molecule has 1 N–H and O–H groups in total. The molecule has 0 aromatic carbocycles. The molecule has 1 aliphatic rings. The maximum atomic E-state index is 5.81. The van der Waals surface area contributed by atoms with E-state index in [0.29, 0.717) is 0 Å². The molecule has 18 heavy (non-hydrogen) atoms. The smallest absolute Gasteiger partial charge is 0.0494 e. The Morgan fingerprint density at radius 3 is 2.61 bits per heavy atom. The molecule has 1 atom stereocenters. The van der Waals surface area contributed by atoms with E-state index >= 15 is 0 Å². The van der Waals surface area contributed by atoms with Gasteiger partial charge in [0.15, 0.2) is 0 Å². The summed E-state index contributed by atoms with van der Waals surface area (Å²) in [5.74, 6) is 0.785. The Kier molecular flexibility index (Phi) is 9.59. The van der Waals surface area contributed by atoms with E-state index in [1.54, 1.807) is 0 Å². The van der Waals surface area contributed by atoms with Crippen LogP contribution in [0.1, 0.15) is 71.6 Å². The number of hydrogen-bond acceptors (Lipinski definition) is 2. The van der Waals surface area contributed by atoms with Crippen molar-refractivity contribution < 1.29 is 4.74 Å². The van der Waals surface area contributed by atoms with Gasteiger partial charge in [0.25, 0.3) is 0 Å². The molecule has 0 spiro atoms. The molecular weight excluding hydrogens is 222 g/mol. The summed E-state index contributed by atoms with van der Waals surface area (Å²) in [4.78, 5) is 0. The molecule has 0 saturated heterocycles. The van der Waals surface area contributed by atoms with Crippen molar-refractivity contribution in [3.05, 3.63) is 0 Å². The third-order valence-electron chi connectivity index (χ3n) is 4.15. The van der Waals surface area contributed by atoms with Crippen molar-refractivity contribution in [2.24, 2.45) is 5.92 Å². The highest BCUT2D eigenvalue weighted by molar-refractivity contribution is 4.73. The highest BCUT2D eigenvalue weighted by Crippen LogP contribution is 2.17. The summed E-state index contributed by atoms with van der Waals surface area (Å²) >= 11 is 0. The van der Waals surface area contributed by atoms with Gasteiger partial charge in [-0.25, -0.2) is 0 Å². The summed E-state index contributed by atoms with van der Waals surface area (Å²) in [6, 6.07) is 0.804. The minimum Gasteiger partial charge on any atom is -0.381 e. The molecule has 0 aromatic heterocycles. The standard InChI is InChI=1S/C16H33NO/c1-3-5-9-15(4-2)14-18-13-8-12-17-16-10-6-7-11-16/h15-17H,3-14H2,1-2H3. The fourth-order valence-corrected chi connectivity index (χ4v) is 2.76. The number of unbranched alkanes of at least 4 members (excludes halogenated alkanes) is 1. The molecule has 1 saturated carbocycles. The van der Waals surface area contributed by atoms with Crippen LogP contribution in [0.15, 0.2) is 0 Å². The molecule has 0 bridgehead atoms. The average molecular weight is 255 g/mol. The van der Waals surface area contributed by atoms with Gasteiger partial charge in [0, 0.05) is 19.3 Å². The molecule has 1 aliphatic carbocycles. The lowest BCUT2D eigenvalue weighted by molar-refractivity contribution is 0.0918. The number of ether oxygens (including phenoxy) is 1. The van der Waals surface area contributed by atoms with Crippen LogP contribution in [0.25, 0.3) is 0 Å². The SMILES string of the molecule is CCCCC(CC)COCCCNC1CCCC1.